The molecule has 2 aliphatic carbocycles. The summed E-state index contributed by atoms with van der Waals surface area (Å²) in [5, 5.41) is 0. The molecule has 1 aromatic rings. The second kappa shape index (κ2) is 14.9. The predicted molar refractivity (Wildman–Crippen MR) is 139 cm³/mol. The lowest BCUT2D eigenvalue weighted by Crippen LogP contribution is -2.15. The highest BCUT2D eigenvalue weighted by Crippen LogP contribution is 2.36. The second-order valence-electron chi connectivity index (χ2n) is 11.0. The molecule has 0 saturated heterocycles. The van der Waals surface area contributed by atoms with Crippen LogP contribution in [0.15, 0.2) is 36.4 Å². The predicted octanol–water partition coefficient (Wildman–Crippen LogP) is 9.30. The van der Waals surface area contributed by atoms with Crippen LogP contribution in [0.5, 0.6) is 0 Å². The first-order valence-corrected chi connectivity index (χ1v) is 14.0. The fraction of sp³-hybridized carbons (Fsp3) is 0.742. The maximum absolute atomic E-state index is 5.20. The molecule has 32 heavy (non-hydrogen) atoms. The summed E-state index contributed by atoms with van der Waals surface area (Å²) in [5.41, 5.74) is 2.76. The van der Waals surface area contributed by atoms with Crippen molar-refractivity contribution in [2.75, 3.05) is 7.11 Å². The maximum Gasteiger partial charge on any atom is 0.0713 e. The van der Waals surface area contributed by atoms with E-state index >= 15 is 0 Å². The van der Waals surface area contributed by atoms with Crippen LogP contribution in [-0.4, -0.2) is 7.11 Å². The number of methoxy groups -OCH3 is 1. The van der Waals surface area contributed by atoms with Crippen molar-refractivity contribution in [1.29, 1.82) is 0 Å². The van der Waals surface area contributed by atoms with E-state index in [1.807, 2.05) is 0 Å². The molecule has 0 unspecified atom stereocenters. The van der Waals surface area contributed by atoms with E-state index in [4.69, 9.17) is 4.74 Å². The number of benzene rings is 1. The van der Waals surface area contributed by atoms with E-state index < -0.39 is 0 Å². The Kier molecular flexibility index (Phi) is 11.9. The van der Waals surface area contributed by atoms with Crippen LogP contribution in [0.2, 0.25) is 0 Å². The third-order valence-electron chi connectivity index (χ3n) is 8.46. The minimum Gasteiger partial charge on any atom is -0.380 e. The SMILES string of the molecule is C/C=C/C1CCC(CCCCC2CCC(CCCCc3ccc(COC)cc3)CC2)CC1. The van der Waals surface area contributed by atoms with Gasteiger partial charge in [0.05, 0.1) is 6.61 Å². The molecule has 0 spiro atoms. The van der Waals surface area contributed by atoms with Crippen molar-refractivity contribution in [2.24, 2.45) is 23.7 Å². The second-order valence-corrected chi connectivity index (χ2v) is 11.0. The summed E-state index contributed by atoms with van der Waals surface area (Å²) in [5.74, 6) is 3.99. The van der Waals surface area contributed by atoms with Gasteiger partial charge in [0.2, 0.25) is 0 Å². The van der Waals surface area contributed by atoms with Gasteiger partial charge in [0.15, 0.2) is 0 Å². The lowest BCUT2D eigenvalue weighted by Gasteiger charge is -2.29. The highest BCUT2D eigenvalue weighted by molar-refractivity contribution is 5.22. The van der Waals surface area contributed by atoms with Crippen molar-refractivity contribution in [3.8, 4) is 0 Å². The van der Waals surface area contributed by atoms with Gasteiger partial charge < -0.3 is 4.74 Å². The summed E-state index contributed by atoms with van der Waals surface area (Å²) in [6.07, 6.45) is 28.0. The van der Waals surface area contributed by atoms with Gasteiger partial charge in [-0.05, 0) is 80.2 Å². The minimum atomic E-state index is 0.723. The summed E-state index contributed by atoms with van der Waals surface area (Å²) in [7, 11) is 1.76. The molecule has 1 nitrogen and oxygen atoms in total. The Labute approximate surface area is 199 Å². The molecule has 2 fully saturated rings. The Balaban J connectivity index is 1.17. The molecular weight excluding hydrogens is 388 g/mol. The minimum absolute atomic E-state index is 0.723. The molecule has 1 aromatic carbocycles. The summed E-state index contributed by atoms with van der Waals surface area (Å²) >= 11 is 0. The van der Waals surface area contributed by atoms with Gasteiger partial charge in [-0.25, -0.2) is 0 Å². The van der Waals surface area contributed by atoms with Crippen molar-refractivity contribution in [3.05, 3.63) is 47.5 Å². The van der Waals surface area contributed by atoms with E-state index in [1.165, 1.54) is 114 Å². The Morgan fingerprint density at radius 1 is 0.688 bits per heavy atom. The van der Waals surface area contributed by atoms with E-state index in [0.29, 0.717) is 0 Å². The molecule has 0 atom stereocenters. The first kappa shape index (κ1) is 25.5. The first-order chi connectivity index (χ1) is 15.8. The van der Waals surface area contributed by atoms with Gasteiger partial charge in [0.1, 0.15) is 0 Å². The Hall–Kier alpha value is -1.08. The third-order valence-corrected chi connectivity index (χ3v) is 8.46. The lowest BCUT2D eigenvalue weighted by atomic mass is 9.77. The van der Waals surface area contributed by atoms with Crippen molar-refractivity contribution in [3.63, 3.8) is 0 Å². The monoisotopic (exact) mass is 438 g/mol. The zero-order valence-electron chi connectivity index (χ0n) is 21.2. The van der Waals surface area contributed by atoms with Gasteiger partial charge in [-0.3, -0.25) is 0 Å². The Bertz CT molecular complexity index is 614. The molecule has 0 bridgehead atoms. The zero-order chi connectivity index (χ0) is 22.4. The van der Waals surface area contributed by atoms with Gasteiger partial charge >= 0.3 is 0 Å². The Morgan fingerprint density at radius 3 is 1.66 bits per heavy atom. The highest BCUT2D eigenvalue weighted by Gasteiger charge is 2.22. The number of unbranched alkanes of at least 4 members (excludes halogenated alkanes) is 2. The standard InChI is InChI=1S/C31H50O/c1-3-8-26-13-15-27(16-14-26)9-4-5-10-28-17-19-29(20-18-28)11-6-7-12-30-21-23-31(24-22-30)25-32-2/h3,8,21-24,26-29H,4-7,9-20,25H2,1-2H3/b8-3+. The quantitative estimate of drug-likeness (QED) is 0.220. The van der Waals surface area contributed by atoms with Crippen molar-refractivity contribution in [2.45, 2.75) is 116 Å². The molecule has 1 heteroatoms. The average Bonchev–Trinajstić information content (AvgIpc) is 2.83. The number of hydrogen-bond donors (Lipinski definition) is 0. The number of hydrogen-bond acceptors (Lipinski definition) is 1. The van der Waals surface area contributed by atoms with Crippen LogP contribution in [0.25, 0.3) is 0 Å². The molecule has 0 aliphatic heterocycles. The number of allylic oxidation sites excluding steroid dienone is 2. The Morgan fingerprint density at radius 2 is 1.16 bits per heavy atom. The summed E-state index contributed by atoms with van der Waals surface area (Å²) in [4.78, 5) is 0. The normalized spacial score (nSPS) is 26.6. The molecule has 180 valence electrons. The van der Waals surface area contributed by atoms with Crippen LogP contribution in [0.4, 0.5) is 0 Å². The van der Waals surface area contributed by atoms with Crippen molar-refractivity contribution in [1.82, 2.24) is 0 Å². The molecule has 0 heterocycles. The van der Waals surface area contributed by atoms with E-state index in [9.17, 15) is 0 Å². The fourth-order valence-electron chi connectivity index (χ4n) is 6.35. The van der Waals surface area contributed by atoms with Gasteiger partial charge in [0.25, 0.3) is 0 Å². The van der Waals surface area contributed by atoms with Crippen molar-refractivity contribution < 1.29 is 4.74 Å². The molecule has 0 amide bonds. The van der Waals surface area contributed by atoms with Gasteiger partial charge in [-0.1, -0.05) is 101 Å². The van der Waals surface area contributed by atoms with Crippen LogP contribution >= 0.6 is 0 Å². The highest BCUT2D eigenvalue weighted by atomic mass is 16.5. The molecule has 0 radical (unpaired) electrons. The molecule has 2 aliphatic rings. The lowest BCUT2D eigenvalue weighted by molar-refractivity contribution is 0.185. The number of ether oxygens (including phenoxy) is 1. The van der Waals surface area contributed by atoms with Crippen LogP contribution in [0.1, 0.15) is 114 Å². The first-order valence-electron chi connectivity index (χ1n) is 14.0. The van der Waals surface area contributed by atoms with Crippen LogP contribution < -0.4 is 0 Å². The third kappa shape index (κ3) is 9.42. The number of rotatable bonds is 13. The summed E-state index contributed by atoms with van der Waals surface area (Å²) in [6.45, 7) is 2.89. The summed E-state index contributed by atoms with van der Waals surface area (Å²) in [6, 6.07) is 9.01. The summed E-state index contributed by atoms with van der Waals surface area (Å²) < 4.78 is 5.20. The van der Waals surface area contributed by atoms with Crippen molar-refractivity contribution >= 4 is 0 Å². The molecule has 2 saturated carbocycles. The van der Waals surface area contributed by atoms with Crippen LogP contribution in [0.3, 0.4) is 0 Å². The van der Waals surface area contributed by atoms with Gasteiger partial charge in [-0.15, -0.1) is 0 Å². The average molecular weight is 439 g/mol. The van der Waals surface area contributed by atoms with E-state index in [0.717, 1.165) is 30.3 Å². The van der Waals surface area contributed by atoms with E-state index in [1.54, 1.807) is 7.11 Å². The van der Waals surface area contributed by atoms with Gasteiger partial charge in [-0.2, -0.15) is 0 Å². The number of aryl methyl sites for hydroxylation is 1. The van der Waals surface area contributed by atoms with Gasteiger partial charge in [0, 0.05) is 7.11 Å². The van der Waals surface area contributed by atoms with Crippen LogP contribution in [-0.2, 0) is 17.8 Å². The fourth-order valence-corrected chi connectivity index (χ4v) is 6.35. The van der Waals surface area contributed by atoms with E-state index in [2.05, 4.69) is 43.3 Å². The molecular formula is C31H50O. The topological polar surface area (TPSA) is 9.23 Å². The smallest absolute Gasteiger partial charge is 0.0713 e. The molecule has 0 N–H and O–H groups in total. The molecule has 0 aromatic heterocycles. The van der Waals surface area contributed by atoms with E-state index in [-0.39, 0.29) is 0 Å². The van der Waals surface area contributed by atoms with Crippen LogP contribution in [0, 0.1) is 23.7 Å². The zero-order valence-corrected chi connectivity index (χ0v) is 21.2. The maximum atomic E-state index is 5.20. The largest absolute Gasteiger partial charge is 0.380 e. The molecule has 3 rings (SSSR count).